The van der Waals surface area contributed by atoms with E-state index in [4.69, 9.17) is 76.8 Å². The summed E-state index contributed by atoms with van der Waals surface area (Å²) in [5.41, 5.74) is 5.66. The molecule has 0 aliphatic carbocycles. The number of unbranched alkanes of at least 4 members (excludes halogenated alkanes) is 1. The third kappa shape index (κ3) is 13.6. The summed E-state index contributed by atoms with van der Waals surface area (Å²) in [5.74, 6) is 0. The van der Waals surface area contributed by atoms with Gasteiger partial charge in [-0.25, -0.2) is 0 Å². The van der Waals surface area contributed by atoms with Crippen LogP contribution in [0.4, 0.5) is 0 Å². The molecule has 35 atom stereocenters. The van der Waals surface area contributed by atoms with Crippen LogP contribution in [0.2, 0.25) is 0 Å². The molecule has 0 aromatic heterocycles. The molecule has 0 unspecified atom stereocenters. The van der Waals surface area contributed by atoms with Crippen LogP contribution in [0.5, 0.6) is 0 Å². The minimum Gasteiger partial charge on any atom is -0.394 e. The van der Waals surface area contributed by atoms with Crippen molar-refractivity contribution in [1.29, 1.82) is 0 Å². The maximum atomic E-state index is 12.0. The summed E-state index contributed by atoms with van der Waals surface area (Å²) in [5, 5.41) is 222. The van der Waals surface area contributed by atoms with Gasteiger partial charge in [0.05, 0.1) is 46.2 Å². The summed E-state index contributed by atoms with van der Waals surface area (Å²) < 4.78 is 87.1. The van der Waals surface area contributed by atoms with E-state index in [0.29, 0.717) is 6.42 Å². The maximum Gasteiger partial charge on any atom is 0.187 e. The molecule has 15 saturated heterocycles. The topological polar surface area (TPSA) is 569 Å². The zero-order valence-electron chi connectivity index (χ0n) is 43.6. The Balaban J connectivity index is 1.10. The molecule has 14 bridgehead atoms. The van der Waals surface area contributed by atoms with Gasteiger partial charge in [-0.2, -0.15) is 0 Å². The fourth-order valence-corrected chi connectivity index (χ4v) is 11.0. The van der Waals surface area contributed by atoms with Crippen molar-refractivity contribution in [3.05, 3.63) is 0 Å². The lowest BCUT2D eigenvalue weighted by Crippen LogP contribution is -2.68. The van der Waals surface area contributed by atoms with Gasteiger partial charge in [-0.05, 0) is 19.4 Å². The number of rotatable bonds is 12. The van der Waals surface area contributed by atoms with Crippen LogP contribution < -0.4 is 5.73 Å². The summed E-state index contributed by atoms with van der Waals surface area (Å²) in [6.45, 7) is -7.14. The summed E-state index contributed by atoms with van der Waals surface area (Å²) in [6, 6.07) is 0. The largest absolute Gasteiger partial charge is 0.394 e. The molecule has 36 nitrogen and oxygen atoms in total. The quantitative estimate of drug-likeness (QED) is 0.0807. The fourth-order valence-electron chi connectivity index (χ4n) is 11.0. The Morgan fingerprint density at radius 3 is 0.646 bits per heavy atom. The molecule has 0 saturated carbocycles. The van der Waals surface area contributed by atoms with E-state index < -0.39 is 261 Å². The zero-order valence-corrected chi connectivity index (χ0v) is 43.6. The van der Waals surface area contributed by atoms with Gasteiger partial charge in [-0.3, -0.25) is 0 Å². The van der Waals surface area contributed by atoms with Crippen molar-refractivity contribution < 1.29 is 173 Å². The standard InChI is InChI=1S/C46H79NO35/c47-3-1-2-4-68-39-31(67)38-18(11-54)75-46(39)82-37-17(10-53)74-44(30(66)24(37)60)80-35-15(8-51)72-42(28(64)22(35)58)78-33-13(6-49)70-40(26(62)20(33)56)76-32-12(5-48)69-41(25(61)19(32)55)77-34-14(7-50)71-43(27(63)21(34)57)79-36-16(9-52)73-45(81-38)29(65)23(36)59/h12-46,48-67H,1-11,47H2/t12-,13-,14-,15-,16-,17-,18-,19-,20-,21-,22-,23-,24-,25-,26-,27-,28-,29-,30-,31+,32-,33-,34-,35-,36-,37-,38-,39-,40-,41-,42-,43-,44-,45-,46-/m1/s1. The van der Waals surface area contributed by atoms with Crippen LogP contribution in [0, 0.1) is 0 Å². The van der Waals surface area contributed by atoms with Crippen LogP contribution in [-0.2, 0) is 71.1 Å². The van der Waals surface area contributed by atoms with E-state index in [1.807, 2.05) is 0 Å². The molecule has 478 valence electrons. The summed E-state index contributed by atoms with van der Waals surface area (Å²) in [7, 11) is 0. The Kier molecular flexibility index (Phi) is 23.7. The van der Waals surface area contributed by atoms with E-state index in [2.05, 4.69) is 0 Å². The zero-order chi connectivity index (χ0) is 59.6. The van der Waals surface area contributed by atoms with Crippen LogP contribution >= 0.6 is 0 Å². The number of ether oxygens (including phenoxy) is 15. The number of aliphatic hydroxyl groups excluding tert-OH is 20. The molecule has 22 N–H and O–H groups in total. The predicted molar refractivity (Wildman–Crippen MR) is 250 cm³/mol. The van der Waals surface area contributed by atoms with Crippen molar-refractivity contribution >= 4 is 0 Å². The molecule has 0 aromatic rings. The van der Waals surface area contributed by atoms with E-state index >= 15 is 0 Å². The highest BCUT2D eigenvalue weighted by Crippen LogP contribution is 2.39. The average molecular weight is 1210 g/mol. The summed E-state index contributed by atoms with van der Waals surface area (Å²) in [6.07, 6.45) is -68.1. The van der Waals surface area contributed by atoms with Gasteiger partial charge < -0.3 is 179 Å². The van der Waals surface area contributed by atoms with Gasteiger partial charge in [-0.1, -0.05) is 0 Å². The highest BCUT2D eigenvalue weighted by molar-refractivity contribution is 5.02. The van der Waals surface area contributed by atoms with Crippen LogP contribution in [-0.4, -0.2) is 376 Å². The van der Waals surface area contributed by atoms with Gasteiger partial charge in [-0.15, -0.1) is 0 Å². The second-order valence-electron chi connectivity index (χ2n) is 21.0. The molecule has 15 aliphatic heterocycles. The summed E-state index contributed by atoms with van der Waals surface area (Å²) in [4.78, 5) is 0. The Labute approximate surface area is 465 Å². The minimum atomic E-state index is -2.21. The first-order valence-electron chi connectivity index (χ1n) is 26.8. The molecule has 0 aromatic carbocycles. The van der Waals surface area contributed by atoms with Crippen molar-refractivity contribution in [2.75, 3.05) is 59.4 Å². The number of nitrogens with two attached hydrogens (primary N) is 1. The van der Waals surface area contributed by atoms with Gasteiger partial charge >= 0.3 is 0 Å². The first-order chi connectivity index (χ1) is 39.2. The van der Waals surface area contributed by atoms with Gasteiger partial charge in [0, 0.05) is 6.61 Å². The van der Waals surface area contributed by atoms with Gasteiger partial charge in [0.2, 0.25) is 0 Å². The van der Waals surface area contributed by atoms with Crippen molar-refractivity contribution in [2.45, 2.75) is 228 Å². The van der Waals surface area contributed by atoms with E-state index in [9.17, 15) is 102 Å². The van der Waals surface area contributed by atoms with Gasteiger partial charge in [0.1, 0.15) is 171 Å². The lowest BCUT2D eigenvalue weighted by molar-refractivity contribution is -0.398. The van der Waals surface area contributed by atoms with Crippen LogP contribution in [0.3, 0.4) is 0 Å². The SMILES string of the molecule is NCCCCO[C@H]1[C@H]2O[C@H]3[C@H](O)[C@@H](O)[C@@H](O[C@H]4[C@H](O)[C@@H](O)[C@@H](O[C@H]5[C@H](O)[C@@H](O)[C@@H](O[C@H]6[C@H](O)[C@@H](O)[C@@H](O[C@H]7[C@H](O)[C@@H](O)[C@@H](O[C@H]8[C@H](O)[C@@H](O)[C@@H](O[C@@H]([C@@H]1O)[C@@H](CO)O2)O[C@@H]8CO)O[C@@H]7CO)O[C@@H]6CO)O[C@@H]5CO)O[C@@H]4CO)O[C@@H]3CO. The number of hydrogen-bond donors (Lipinski definition) is 21. The van der Waals surface area contributed by atoms with Crippen molar-refractivity contribution in [2.24, 2.45) is 5.73 Å². The Morgan fingerprint density at radius 1 is 0.244 bits per heavy atom. The molecule has 15 rings (SSSR count). The molecule has 0 radical (unpaired) electrons. The molecule has 15 fully saturated rings. The van der Waals surface area contributed by atoms with E-state index in [1.165, 1.54) is 0 Å². The molecule has 0 spiro atoms. The average Bonchev–Trinajstić information content (AvgIpc) is 3.20. The maximum absolute atomic E-state index is 12.0. The van der Waals surface area contributed by atoms with E-state index in [-0.39, 0.29) is 19.6 Å². The number of hydrogen-bond acceptors (Lipinski definition) is 36. The van der Waals surface area contributed by atoms with Crippen LogP contribution in [0.1, 0.15) is 12.8 Å². The molecule has 15 aliphatic rings. The van der Waals surface area contributed by atoms with E-state index in [1.54, 1.807) is 0 Å². The minimum absolute atomic E-state index is 0.154. The molecule has 36 heteroatoms. The van der Waals surface area contributed by atoms with E-state index in [0.717, 1.165) is 0 Å². The highest BCUT2D eigenvalue weighted by Gasteiger charge is 2.60. The molecule has 0 amide bonds. The third-order valence-electron chi connectivity index (χ3n) is 15.7. The highest BCUT2D eigenvalue weighted by atomic mass is 16.8. The lowest BCUT2D eigenvalue weighted by Gasteiger charge is -2.50. The third-order valence-corrected chi connectivity index (χ3v) is 15.7. The van der Waals surface area contributed by atoms with Crippen molar-refractivity contribution in [1.82, 2.24) is 0 Å². The lowest BCUT2D eigenvalue weighted by atomic mass is 9.95. The normalized spacial score (nSPS) is 52.7. The first kappa shape index (κ1) is 66.5. The Morgan fingerprint density at radius 2 is 0.439 bits per heavy atom. The second kappa shape index (κ2) is 29.3. The Bertz CT molecular complexity index is 1920. The number of aliphatic hydroxyl groups is 20. The van der Waals surface area contributed by atoms with Gasteiger partial charge in [0.15, 0.2) is 44.0 Å². The second-order valence-corrected chi connectivity index (χ2v) is 21.0. The number of fused-ring (bicyclic) bond motifs is 7. The molecule has 15 heterocycles. The van der Waals surface area contributed by atoms with Gasteiger partial charge in [0.25, 0.3) is 0 Å². The fraction of sp³-hybridized carbons (Fsp3) is 1.00. The first-order valence-corrected chi connectivity index (χ1v) is 26.8. The monoisotopic (exact) mass is 1210 g/mol. The smallest absolute Gasteiger partial charge is 0.187 e. The van der Waals surface area contributed by atoms with Crippen LogP contribution in [0.25, 0.3) is 0 Å². The molecular formula is C46H79NO35. The molecule has 82 heavy (non-hydrogen) atoms. The van der Waals surface area contributed by atoms with Crippen molar-refractivity contribution in [3.8, 4) is 0 Å². The van der Waals surface area contributed by atoms with Crippen LogP contribution in [0.15, 0.2) is 0 Å². The predicted octanol–water partition coefficient (Wildman–Crippen LogP) is -14.5. The molecular weight excluding hydrogens is 1130 g/mol. The summed E-state index contributed by atoms with van der Waals surface area (Å²) >= 11 is 0. The van der Waals surface area contributed by atoms with Crippen molar-refractivity contribution in [3.63, 3.8) is 0 Å². The Hall–Kier alpha value is -1.44.